The van der Waals surface area contributed by atoms with Gasteiger partial charge in [0.2, 0.25) is 0 Å². The Kier molecular flexibility index (Phi) is 6.83. The van der Waals surface area contributed by atoms with Gasteiger partial charge >= 0.3 is 0 Å². The molecule has 2 heteroatoms. The number of halogens is 1. The summed E-state index contributed by atoms with van der Waals surface area (Å²) in [6.45, 7) is 4.28. The predicted molar refractivity (Wildman–Crippen MR) is 77.2 cm³/mol. The van der Waals surface area contributed by atoms with Crippen molar-refractivity contribution >= 4 is 15.9 Å². The highest BCUT2D eigenvalue weighted by Gasteiger charge is 2.11. The lowest BCUT2D eigenvalue weighted by Gasteiger charge is -2.14. The molecule has 0 heterocycles. The summed E-state index contributed by atoms with van der Waals surface area (Å²) in [5.74, 6) is 0. The van der Waals surface area contributed by atoms with Crippen molar-refractivity contribution in [2.24, 2.45) is 0 Å². The smallest absolute Gasteiger partial charge is 0.0801 e. The summed E-state index contributed by atoms with van der Waals surface area (Å²) in [7, 11) is 0. The molecule has 1 aromatic carbocycles. The summed E-state index contributed by atoms with van der Waals surface area (Å²) in [6.07, 6.45) is 6.75. The number of aliphatic hydroxyl groups excluding tert-OH is 1. The third-order valence-corrected chi connectivity index (χ3v) is 4.25. The normalized spacial score (nSPS) is 12.7. The number of aryl methyl sites for hydroxylation is 1. The van der Waals surface area contributed by atoms with Gasteiger partial charge in [0.15, 0.2) is 0 Å². The van der Waals surface area contributed by atoms with E-state index >= 15 is 0 Å². The molecule has 0 saturated carbocycles. The van der Waals surface area contributed by atoms with E-state index in [0.29, 0.717) is 0 Å². The number of aliphatic hydroxyl groups is 1. The fourth-order valence-corrected chi connectivity index (χ4v) is 2.55. The zero-order valence-corrected chi connectivity index (χ0v) is 12.5. The zero-order valence-electron chi connectivity index (χ0n) is 10.9. The van der Waals surface area contributed by atoms with Crippen molar-refractivity contribution in [2.75, 3.05) is 0 Å². The Labute approximate surface area is 113 Å². The molecule has 0 radical (unpaired) electrons. The Hall–Kier alpha value is -0.340. The Bertz CT molecular complexity index is 336. The molecule has 1 unspecified atom stereocenters. The second-order valence-electron chi connectivity index (χ2n) is 4.70. The molecule has 0 aromatic heterocycles. The molecule has 1 rings (SSSR count). The molecule has 0 fully saturated rings. The van der Waals surface area contributed by atoms with Gasteiger partial charge in [-0.2, -0.15) is 0 Å². The van der Waals surface area contributed by atoms with E-state index in [-0.39, 0.29) is 6.10 Å². The number of hydrogen-bond acceptors (Lipinski definition) is 1. The van der Waals surface area contributed by atoms with E-state index in [0.717, 1.165) is 22.9 Å². The minimum absolute atomic E-state index is 0.328. The van der Waals surface area contributed by atoms with E-state index in [9.17, 15) is 5.11 Å². The average molecular weight is 299 g/mol. The lowest BCUT2D eigenvalue weighted by atomic mass is 10.0. The van der Waals surface area contributed by atoms with Crippen LogP contribution in [0.2, 0.25) is 0 Å². The van der Waals surface area contributed by atoms with Crippen molar-refractivity contribution in [2.45, 2.75) is 58.5 Å². The summed E-state index contributed by atoms with van der Waals surface area (Å²) in [5.41, 5.74) is 2.22. The number of rotatable bonds is 7. The lowest BCUT2D eigenvalue weighted by molar-refractivity contribution is 0.162. The van der Waals surface area contributed by atoms with Crippen LogP contribution in [0.1, 0.15) is 62.7 Å². The van der Waals surface area contributed by atoms with E-state index < -0.39 is 0 Å². The molecule has 0 aliphatic heterocycles. The van der Waals surface area contributed by atoms with Gasteiger partial charge in [0.1, 0.15) is 0 Å². The molecule has 17 heavy (non-hydrogen) atoms. The standard InChI is InChI=1S/C15H23BrO/c1-3-4-5-6-7-11-14(17)13-10-8-9-12(2)15(13)16/h8-10,14,17H,3-7,11H2,1-2H3. The quantitative estimate of drug-likeness (QED) is 0.690. The van der Waals surface area contributed by atoms with Gasteiger partial charge in [-0.3, -0.25) is 0 Å². The van der Waals surface area contributed by atoms with Crippen LogP contribution >= 0.6 is 15.9 Å². The molecule has 0 spiro atoms. The van der Waals surface area contributed by atoms with Crippen LogP contribution in [0.25, 0.3) is 0 Å². The van der Waals surface area contributed by atoms with Crippen molar-refractivity contribution in [1.29, 1.82) is 0 Å². The van der Waals surface area contributed by atoms with E-state index in [1.165, 1.54) is 31.2 Å². The minimum atomic E-state index is -0.328. The van der Waals surface area contributed by atoms with Crippen LogP contribution in [0.5, 0.6) is 0 Å². The third kappa shape index (κ3) is 4.81. The van der Waals surface area contributed by atoms with Crippen molar-refractivity contribution in [3.8, 4) is 0 Å². The van der Waals surface area contributed by atoms with Crippen LogP contribution in [-0.2, 0) is 0 Å². The lowest BCUT2D eigenvalue weighted by Crippen LogP contribution is -1.99. The molecular weight excluding hydrogens is 276 g/mol. The van der Waals surface area contributed by atoms with Crippen LogP contribution in [0.3, 0.4) is 0 Å². The van der Waals surface area contributed by atoms with Gasteiger partial charge in [-0.1, -0.05) is 73.2 Å². The first-order valence-corrected chi connectivity index (χ1v) is 7.39. The second kappa shape index (κ2) is 7.88. The summed E-state index contributed by atoms with van der Waals surface area (Å²) in [5, 5.41) is 10.2. The molecule has 1 N–H and O–H groups in total. The van der Waals surface area contributed by atoms with E-state index in [1.807, 2.05) is 12.1 Å². The van der Waals surface area contributed by atoms with Crippen molar-refractivity contribution < 1.29 is 5.11 Å². The molecule has 0 saturated heterocycles. The molecule has 1 nitrogen and oxygen atoms in total. The van der Waals surface area contributed by atoms with Crippen molar-refractivity contribution in [3.63, 3.8) is 0 Å². The van der Waals surface area contributed by atoms with Gasteiger partial charge in [0.25, 0.3) is 0 Å². The van der Waals surface area contributed by atoms with Gasteiger partial charge in [0, 0.05) is 4.47 Å². The van der Waals surface area contributed by atoms with Crippen molar-refractivity contribution in [1.82, 2.24) is 0 Å². The van der Waals surface area contributed by atoms with Gasteiger partial charge in [-0.05, 0) is 24.5 Å². The maximum atomic E-state index is 10.2. The largest absolute Gasteiger partial charge is 0.388 e. The van der Waals surface area contributed by atoms with E-state index in [4.69, 9.17) is 0 Å². The molecule has 0 aliphatic carbocycles. The molecule has 0 aliphatic rings. The number of benzene rings is 1. The van der Waals surface area contributed by atoms with Crippen LogP contribution < -0.4 is 0 Å². The van der Waals surface area contributed by atoms with Crippen LogP contribution in [0.15, 0.2) is 22.7 Å². The van der Waals surface area contributed by atoms with Gasteiger partial charge in [0.05, 0.1) is 6.10 Å². The van der Waals surface area contributed by atoms with Gasteiger partial charge < -0.3 is 5.11 Å². The fourth-order valence-electron chi connectivity index (χ4n) is 2.02. The third-order valence-electron chi connectivity index (χ3n) is 3.16. The average Bonchev–Trinajstić information content (AvgIpc) is 2.32. The van der Waals surface area contributed by atoms with Crippen LogP contribution in [0, 0.1) is 6.92 Å². The minimum Gasteiger partial charge on any atom is -0.388 e. The van der Waals surface area contributed by atoms with Crippen LogP contribution in [0.4, 0.5) is 0 Å². The molecule has 96 valence electrons. The summed E-state index contributed by atoms with van der Waals surface area (Å²) in [6, 6.07) is 6.07. The predicted octanol–water partition coefficient (Wildman–Crippen LogP) is 5.15. The van der Waals surface area contributed by atoms with Gasteiger partial charge in [-0.25, -0.2) is 0 Å². The second-order valence-corrected chi connectivity index (χ2v) is 5.49. The maximum absolute atomic E-state index is 10.2. The summed E-state index contributed by atoms with van der Waals surface area (Å²) >= 11 is 3.55. The SMILES string of the molecule is CCCCCCCC(O)c1cccc(C)c1Br. The van der Waals surface area contributed by atoms with Crippen molar-refractivity contribution in [3.05, 3.63) is 33.8 Å². The van der Waals surface area contributed by atoms with Crippen LogP contribution in [-0.4, -0.2) is 5.11 Å². The van der Waals surface area contributed by atoms with E-state index in [1.54, 1.807) is 0 Å². The Morgan fingerprint density at radius 3 is 2.59 bits per heavy atom. The molecule has 0 bridgehead atoms. The Morgan fingerprint density at radius 2 is 1.88 bits per heavy atom. The monoisotopic (exact) mass is 298 g/mol. The number of unbranched alkanes of at least 4 members (excludes halogenated alkanes) is 4. The molecule has 1 aromatic rings. The van der Waals surface area contributed by atoms with E-state index in [2.05, 4.69) is 35.8 Å². The first kappa shape index (κ1) is 14.7. The highest BCUT2D eigenvalue weighted by atomic mass is 79.9. The zero-order chi connectivity index (χ0) is 12.7. The van der Waals surface area contributed by atoms with Gasteiger partial charge in [-0.15, -0.1) is 0 Å². The molecule has 1 atom stereocenters. The topological polar surface area (TPSA) is 20.2 Å². The molecule has 0 amide bonds. The summed E-state index contributed by atoms with van der Waals surface area (Å²) < 4.78 is 1.06. The first-order valence-electron chi connectivity index (χ1n) is 6.60. The molecular formula is C15H23BrO. The Balaban J connectivity index is 2.41. The fraction of sp³-hybridized carbons (Fsp3) is 0.600. The number of hydrogen-bond donors (Lipinski definition) is 1. The highest BCUT2D eigenvalue weighted by molar-refractivity contribution is 9.10. The maximum Gasteiger partial charge on any atom is 0.0801 e. The summed E-state index contributed by atoms with van der Waals surface area (Å²) in [4.78, 5) is 0. The highest BCUT2D eigenvalue weighted by Crippen LogP contribution is 2.29. The Morgan fingerprint density at radius 1 is 1.18 bits per heavy atom. The first-order chi connectivity index (χ1) is 8.16.